The maximum atomic E-state index is 12.5. The van der Waals surface area contributed by atoms with Gasteiger partial charge in [-0.05, 0) is 19.1 Å². The van der Waals surface area contributed by atoms with Gasteiger partial charge < -0.3 is 19.9 Å². The Morgan fingerprint density at radius 2 is 2.11 bits per heavy atom. The van der Waals surface area contributed by atoms with Crippen molar-refractivity contribution in [1.82, 2.24) is 34.9 Å². The molecule has 0 radical (unpaired) electrons. The van der Waals surface area contributed by atoms with E-state index >= 15 is 0 Å². The lowest BCUT2D eigenvalue weighted by Crippen LogP contribution is -2.56. The van der Waals surface area contributed by atoms with Gasteiger partial charge in [0.2, 0.25) is 5.91 Å². The molecule has 1 aliphatic heterocycles. The topological polar surface area (TPSA) is 142 Å². The third-order valence-electron chi connectivity index (χ3n) is 5.74. The Hall–Kier alpha value is -3.88. The van der Waals surface area contributed by atoms with Gasteiger partial charge in [0.1, 0.15) is 17.4 Å². The number of ether oxygens (including phenoxy) is 1. The molecule has 0 aliphatic carbocycles. The van der Waals surface area contributed by atoms with Gasteiger partial charge in [0.25, 0.3) is 0 Å². The number of carbonyl (C=O) groups is 2. The van der Waals surface area contributed by atoms with Crippen LogP contribution in [0, 0.1) is 17.2 Å². The second-order valence-corrected chi connectivity index (χ2v) is 9.03. The number of nitrogens with zero attached hydrogens (tertiary/aromatic N) is 6. The molecule has 13 heteroatoms. The van der Waals surface area contributed by atoms with Crippen molar-refractivity contribution in [3.8, 4) is 23.2 Å². The molecule has 11 nitrogen and oxygen atoms in total. The van der Waals surface area contributed by atoms with Gasteiger partial charge in [-0.3, -0.25) is 9.48 Å². The first-order chi connectivity index (χ1) is 16.7. The molecule has 1 aromatic carbocycles. The summed E-state index contributed by atoms with van der Waals surface area (Å²) in [7, 11) is 1.77. The molecule has 2 amide bonds. The number of rotatable bonds is 4. The minimum absolute atomic E-state index is 0.134. The number of amides is 2. The normalized spacial score (nSPS) is 14.5. The number of aryl methyl sites for hydroxylation is 1. The van der Waals surface area contributed by atoms with E-state index in [4.69, 9.17) is 33.2 Å². The van der Waals surface area contributed by atoms with Crippen LogP contribution in [0.5, 0.6) is 5.75 Å². The van der Waals surface area contributed by atoms with E-state index in [1.54, 1.807) is 30.8 Å². The molecule has 4 heterocycles. The lowest BCUT2D eigenvalue weighted by molar-refractivity contribution is -0.137. The van der Waals surface area contributed by atoms with Crippen molar-refractivity contribution < 1.29 is 14.3 Å². The molecule has 1 atom stereocenters. The summed E-state index contributed by atoms with van der Waals surface area (Å²) in [6.07, 6.45) is 2.17. The molecule has 0 saturated carbocycles. The van der Waals surface area contributed by atoms with E-state index in [-0.39, 0.29) is 17.6 Å². The quantitative estimate of drug-likeness (QED) is 0.427. The lowest BCUT2D eigenvalue weighted by atomic mass is 10.0. The summed E-state index contributed by atoms with van der Waals surface area (Å²) < 4.78 is 7.05. The van der Waals surface area contributed by atoms with Gasteiger partial charge >= 0.3 is 6.09 Å². The molecule has 1 saturated heterocycles. The number of nitrogens with one attached hydrogen (secondary N) is 2. The van der Waals surface area contributed by atoms with Crippen LogP contribution in [0.25, 0.3) is 33.5 Å². The highest BCUT2D eigenvalue weighted by Gasteiger charge is 2.33. The average molecular weight is 513 g/mol. The zero-order valence-corrected chi connectivity index (χ0v) is 20.1. The summed E-state index contributed by atoms with van der Waals surface area (Å²) in [6.45, 7) is 2.27. The fourth-order valence-corrected chi connectivity index (χ4v) is 4.50. The number of nitriles is 1. The van der Waals surface area contributed by atoms with Crippen LogP contribution in [-0.4, -0.2) is 60.8 Å². The third-order valence-corrected chi connectivity index (χ3v) is 6.26. The van der Waals surface area contributed by atoms with E-state index in [1.807, 2.05) is 0 Å². The Morgan fingerprint density at radius 1 is 1.34 bits per heavy atom. The van der Waals surface area contributed by atoms with Crippen LogP contribution in [0.3, 0.4) is 0 Å². The number of halogens is 2. The van der Waals surface area contributed by atoms with Crippen LogP contribution in [0.1, 0.15) is 6.92 Å². The first-order valence-corrected chi connectivity index (χ1v) is 11.3. The summed E-state index contributed by atoms with van der Waals surface area (Å²) in [5.74, 6) is -0.317. The number of carbonyl (C=O) groups excluding carboxylic acids is 2. The summed E-state index contributed by atoms with van der Waals surface area (Å²) in [4.78, 5) is 38.2. The van der Waals surface area contributed by atoms with Gasteiger partial charge in [0.15, 0.2) is 16.9 Å². The molecule has 178 valence electrons. The minimum Gasteiger partial charge on any atom is -0.406 e. The molecule has 2 N–H and O–H groups in total. The molecule has 4 aromatic rings. The van der Waals surface area contributed by atoms with E-state index in [0.29, 0.717) is 51.1 Å². The van der Waals surface area contributed by atoms with Crippen LogP contribution in [-0.2, 0) is 11.8 Å². The minimum atomic E-state index is -0.822. The molecular formula is C22H18Cl2N8O3. The SMILES string of the molecule is C[C@@H](NC(=O)Oc1c[nH]c2ncc(-c3nn(C)c4cc(Cl)cc(Cl)c34)nc12)C(=O)N1CC(C#N)C1. The Kier molecular flexibility index (Phi) is 5.70. The average Bonchev–Trinajstić information content (AvgIpc) is 3.33. The summed E-state index contributed by atoms with van der Waals surface area (Å²) in [5.41, 5.74) is 2.36. The van der Waals surface area contributed by atoms with E-state index in [1.165, 1.54) is 17.3 Å². The molecule has 3 aromatic heterocycles. The van der Waals surface area contributed by atoms with Gasteiger partial charge in [0.05, 0.1) is 28.7 Å². The first-order valence-electron chi connectivity index (χ1n) is 10.6. The van der Waals surface area contributed by atoms with E-state index < -0.39 is 12.1 Å². The monoisotopic (exact) mass is 512 g/mol. The fourth-order valence-electron chi connectivity index (χ4n) is 3.93. The van der Waals surface area contributed by atoms with Crippen LogP contribution in [0.2, 0.25) is 10.0 Å². The van der Waals surface area contributed by atoms with Crippen molar-refractivity contribution >= 4 is 57.3 Å². The Morgan fingerprint density at radius 3 is 2.86 bits per heavy atom. The van der Waals surface area contributed by atoms with Crippen molar-refractivity contribution in [2.45, 2.75) is 13.0 Å². The van der Waals surface area contributed by atoms with Gasteiger partial charge in [0, 0.05) is 36.7 Å². The van der Waals surface area contributed by atoms with E-state index in [0.717, 1.165) is 5.52 Å². The van der Waals surface area contributed by atoms with Crippen molar-refractivity contribution in [2.75, 3.05) is 13.1 Å². The van der Waals surface area contributed by atoms with Crippen molar-refractivity contribution in [3.63, 3.8) is 0 Å². The van der Waals surface area contributed by atoms with Gasteiger partial charge in [-0.2, -0.15) is 10.4 Å². The van der Waals surface area contributed by atoms with E-state index in [9.17, 15) is 9.59 Å². The van der Waals surface area contributed by atoms with E-state index in [2.05, 4.69) is 31.4 Å². The van der Waals surface area contributed by atoms with Crippen LogP contribution in [0.4, 0.5) is 4.79 Å². The molecule has 35 heavy (non-hydrogen) atoms. The highest BCUT2D eigenvalue weighted by atomic mass is 35.5. The van der Waals surface area contributed by atoms with Crippen molar-refractivity contribution in [1.29, 1.82) is 5.26 Å². The largest absolute Gasteiger partial charge is 0.413 e. The second-order valence-electron chi connectivity index (χ2n) is 8.18. The molecular weight excluding hydrogens is 495 g/mol. The zero-order chi connectivity index (χ0) is 24.9. The van der Waals surface area contributed by atoms with Gasteiger partial charge in [-0.1, -0.05) is 23.2 Å². The number of aromatic nitrogens is 5. The third kappa shape index (κ3) is 4.11. The Labute approximate surface area is 208 Å². The number of benzene rings is 1. The predicted octanol–water partition coefficient (Wildman–Crippen LogP) is 3.28. The number of likely N-dealkylation sites (tertiary alicyclic amines) is 1. The lowest BCUT2D eigenvalue weighted by Gasteiger charge is -2.36. The number of H-pyrrole nitrogens is 1. The predicted molar refractivity (Wildman–Crippen MR) is 128 cm³/mol. The highest BCUT2D eigenvalue weighted by molar-refractivity contribution is 6.39. The zero-order valence-electron chi connectivity index (χ0n) is 18.5. The van der Waals surface area contributed by atoms with Gasteiger partial charge in [-0.25, -0.2) is 14.8 Å². The molecule has 0 unspecified atom stereocenters. The molecule has 1 aliphatic rings. The Balaban J connectivity index is 1.38. The number of hydrogen-bond acceptors (Lipinski definition) is 7. The van der Waals surface area contributed by atoms with Crippen molar-refractivity contribution in [3.05, 3.63) is 34.6 Å². The number of hydrogen-bond donors (Lipinski definition) is 2. The summed E-state index contributed by atoms with van der Waals surface area (Å²) in [5, 5.41) is 17.5. The summed E-state index contributed by atoms with van der Waals surface area (Å²) in [6, 6.07) is 4.67. The molecule has 0 spiro atoms. The molecule has 5 rings (SSSR count). The second kappa shape index (κ2) is 8.72. The number of fused-ring (bicyclic) bond motifs is 2. The Bertz CT molecular complexity index is 1530. The maximum absolute atomic E-state index is 12.5. The standard InChI is InChI=1S/C22H18Cl2N8O3/c1-10(21(33)32-8-11(5-25)9-32)28-22(34)35-16-7-27-20-19(16)29-14(6-26-20)18-17-13(24)3-12(23)4-15(17)31(2)30-18/h3-4,6-7,10-11H,8-9H2,1-2H3,(H,26,27)(H,28,34)/t10-/m1/s1. The maximum Gasteiger partial charge on any atom is 0.413 e. The molecule has 0 bridgehead atoms. The number of aromatic amines is 1. The molecule has 1 fully saturated rings. The fraction of sp³-hybridized carbons (Fsp3) is 0.273. The van der Waals surface area contributed by atoms with Crippen molar-refractivity contribution in [2.24, 2.45) is 13.0 Å². The summed E-state index contributed by atoms with van der Waals surface area (Å²) >= 11 is 12.6. The smallest absolute Gasteiger partial charge is 0.406 e. The van der Waals surface area contributed by atoms with Crippen LogP contribution in [0.15, 0.2) is 24.5 Å². The first kappa shape index (κ1) is 22.9. The highest BCUT2D eigenvalue weighted by Crippen LogP contribution is 2.35. The van der Waals surface area contributed by atoms with Gasteiger partial charge in [-0.15, -0.1) is 0 Å². The van der Waals surface area contributed by atoms with Crippen LogP contribution < -0.4 is 10.1 Å². The van der Waals surface area contributed by atoms with Crippen LogP contribution >= 0.6 is 23.2 Å².